The molecule has 7 heteroatoms. The molecule has 0 saturated carbocycles. The lowest BCUT2D eigenvalue weighted by Gasteiger charge is -2.25. The van der Waals surface area contributed by atoms with E-state index in [2.05, 4.69) is 0 Å². The van der Waals surface area contributed by atoms with E-state index in [1.807, 2.05) is 45.0 Å². The first-order valence-electron chi connectivity index (χ1n) is 11.8. The van der Waals surface area contributed by atoms with Gasteiger partial charge in [-0.3, -0.25) is 4.98 Å². The first-order chi connectivity index (χ1) is 17.5. The van der Waals surface area contributed by atoms with Crippen molar-refractivity contribution in [1.82, 2.24) is 4.98 Å². The van der Waals surface area contributed by atoms with Crippen LogP contribution in [0.15, 0.2) is 72.8 Å². The van der Waals surface area contributed by atoms with Gasteiger partial charge in [0.05, 0.1) is 23.6 Å². The van der Waals surface area contributed by atoms with Crippen LogP contribution >= 0.6 is 0 Å². The molecular weight excluding hydrogens is 485 g/mol. The van der Waals surface area contributed by atoms with Gasteiger partial charge in [-0.05, 0) is 65.9 Å². The number of hydrogen-bond donors (Lipinski definition) is 1. The predicted octanol–water partition coefficient (Wildman–Crippen LogP) is 8.56. The van der Waals surface area contributed by atoms with Gasteiger partial charge in [-0.15, -0.1) is 0 Å². The second-order valence-corrected chi connectivity index (χ2v) is 9.28. The van der Waals surface area contributed by atoms with Crippen LogP contribution in [0.1, 0.15) is 59.4 Å². The van der Waals surface area contributed by atoms with Gasteiger partial charge in [0.1, 0.15) is 5.82 Å². The quantitative estimate of drug-likeness (QED) is 0.263. The van der Waals surface area contributed by atoms with Crippen LogP contribution in [0.4, 0.5) is 22.0 Å². The molecule has 0 spiro atoms. The molecule has 0 fully saturated rings. The Balaban J connectivity index is 2.03. The number of halogens is 5. The van der Waals surface area contributed by atoms with Crippen LogP contribution in [-0.2, 0) is 12.8 Å². The average Bonchev–Trinajstić information content (AvgIpc) is 2.87. The SMILES string of the molecule is Cc1ccc(-c2c(CO)c(-c3ccc(F)cc3)nc(C(C)C)c2C(F)c2ccc(C(F)(F)F)cc2)cc1. The largest absolute Gasteiger partial charge is 0.416 e. The Morgan fingerprint density at radius 3 is 1.92 bits per heavy atom. The minimum Gasteiger partial charge on any atom is -0.392 e. The highest BCUT2D eigenvalue weighted by molar-refractivity contribution is 5.80. The molecule has 0 aliphatic carbocycles. The van der Waals surface area contributed by atoms with Crippen molar-refractivity contribution in [3.63, 3.8) is 0 Å². The Morgan fingerprint density at radius 2 is 1.41 bits per heavy atom. The maximum atomic E-state index is 16.4. The van der Waals surface area contributed by atoms with Crippen LogP contribution in [0.25, 0.3) is 22.4 Å². The fraction of sp³-hybridized carbons (Fsp3) is 0.233. The van der Waals surface area contributed by atoms with Gasteiger partial charge in [-0.2, -0.15) is 13.2 Å². The second kappa shape index (κ2) is 10.4. The van der Waals surface area contributed by atoms with Crippen molar-refractivity contribution in [3.8, 4) is 22.4 Å². The van der Waals surface area contributed by atoms with Crippen LogP contribution in [0.2, 0.25) is 0 Å². The number of aliphatic hydroxyl groups excluding tert-OH is 1. The van der Waals surface area contributed by atoms with Crippen molar-refractivity contribution in [3.05, 3.63) is 112 Å². The van der Waals surface area contributed by atoms with Gasteiger partial charge >= 0.3 is 6.18 Å². The zero-order chi connectivity index (χ0) is 26.9. The van der Waals surface area contributed by atoms with E-state index >= 15 is 4.39 Å². The Morgan fingerprint density at radius 1 is 0.838 bits per heavy atom. The summed E-state index contributed by atoms with van der Waals surface area (Å²) in [5.74, 6) is -0.696. The van der Waals surface area contributed by atoms with Crippen molar-refractivity contribution in [1.29, 1.82) is 0 Å². The maximum Gasteiger partial charge on any atom is 0.416 e. The molecule has 1 N–H and O–H groups in total. The first kappa shape index (κ1) is 26.5. The molecule has 0 saturated heterocycles. The molecule has 0 bridgehead atoms. The number of hydrogen-bond acceptors (Lipinski definition) is 2. The third kappa shape index (κ3) is 5.42. The fourth-order valence-corrected chi connectivity index (χ4v) is 4.41. The summed E-state index contributed by atoms with van der Waals surface area (Å²) in [6.07, 6.45) is -6.35. The molecule has 1 heterocycles. The van der Waals surface area contributed by atoms with E-state index in [0.29, 0.717) is 33.6 Å². The molecule has 3 aromatic carbocycles. The molecule has 0 aliphatic rings. The molecule has 37 heavy (non-hydrogen) atoms. The van der Waals surface area contributed by atoms with Gasteiger partial charge in [0, 0.05) is 16.7 Å². The van der Waals surface area contributed by atoms with E-state index in [0.717, 1.165) is 29.8 Å². The summed E-state index contributed by atoms with van der Waals surface area (Å²) in [7, 11) is 0. The van der Waals surface area contributed by atoms with Gasteiger partial charge in [0.15, 0.2) is 6.17 Å². The third-order valence-corrected chi connectivity index (χ3v) is 6.31. The van der Waals surface area contributed by atoms with E-state index < -0.39 is 30.3 Å². The highest BCUT2D eigenvalue weighted by Gasteiger charge is 2.32. The first-order valence-corrected chi connectivity index (χ1v) is 11.8. The smallest absolute Gasteiger partial charge is 0.392 e. The van der Waals surface area contributed by atoms with Crippen LogP contribution < -0.4 is 0 Å². The number of aliphatic hydroxyl groups is 1. The minimum absolute atomic E-state index is 0.0449. The van der Waals surface area contributed by atoms with Crippen LogP contribution in [0.5, 0.6) is 0 Å². The zero-order valence-corrected chi connectivity index (χ0v) is 20.6. The molecule has 0 amide bonds. The number of aromatic nitrogens is 1. The molecule has 1 unspecified atom stereocenters. The molecule has 192 valence electrons. The number of nitrogens with zero attached hydrogens (tertiary/aromatic N) is 1. The minimum atomic E-state index is -4.54. The van der Waals surface area contributed by atoms with E-state index in [1.54, 1.807) is 12.1 Å². The standard InChI is InChI=1S/C30H26F5NO/c1-17(2)28-26(27(32)20-8-12-22(13-9-20)30(33,34)35)25(19-6-4-18(3)5-7-19)24(16-37)29(36-28)21-10-14-23(31)15-11-21/h4-15,17,27,37H,16H2,1-3H3. The Kier molecular flexibility index (Phi) is 7.46. The summed E-state index contributed by atoms with van der Waals surface area (Å²) in [5, 5.41) is 10.5. The Bertz CT molecular complexity index is 1380. The molecule has 4 rings (SSSR count). The Labute approximate surface area is 212 Å². The van der Waals surface area contributed by atoms with E-state index in [-0.39, 0.29) is 17.0 Å². The van der Waals surface area contributed by atoms with Crippen LogP contribution in [0.3, 0.4) is 0 Å². The molecule has 1 atom stereocenters. The van der Waals surface area contributed by atoms with E-state index in [4.69, 9.17) is 4.98 Å². The van der Waals surface area contributed by atoms with Crippen molar-refractivity contribution in [2.45, 2.75) is 45.6 Å². The van der Waals surface area contributed by atoms with Gasteiger partial charge in [-0.1, -0.05) is 55.8 Å². The second-order valence-electron chi connectivity index (χ2n) is 9.28. The molecular formula is C30H26F5NO. The fourth-order valence-electron chi connectivity index (χ4n) is 4.41. The summed E-state index contributed by atoms with van der Waals surface area (Å²) in [6, 6.07) is 17.0. The lowest BCUT2D eigenvalue weighted by molar-refractivity contribution is -0.137. The predicted molar refractivity (Wildman–Crippen MR) is 134 cm³/mol. The van der Waals surface area contributed by atoms with Crippen molar-refractivity contribution >= 4 is 0 Å². The normalized spacial score (nSPS) is 12.7. The summed E-state index contributed by atoms with van der Waals surface area (Å²) in [4.78, 5) is 4.75. The molecule has 0 radical (unpaired) electrons. The molecule has 1 aromatic heterocycles. The monoisotopic (exact) mass is 511 g/mol. The highest BCUT2D eigenvalue weighted by atomic mass is 19.4. The van der Waals surface area contributed by atoms with Gasteiger partial charge in [0.25, 0.3) is 0 Å². The molecule has 4 aromatic rings. The maximum absolute atomic E-state index is 16.4. The molecule has 2 nitrogen and oxygen atoms in total. The lowest BCUT2D eigenvalue weighted by atomic mass is 9.84. The zero-order valence-electron chi connectivity index (χ0n) is 20.6. The Hall–Kier alpha value is -3.58. The third-order valence-electron chi connectivity index (χ3n) is 6.31. The lowest BCUT2D eigenvalue weighted by Crippen LogP contribution is -2.12. The average molecular weight is 512 g/mol. The van der Waals surface area contributed by atoms with Gasteiger partial charge in [-0.25, -0.2) is 8.78 Å². The number of alkyl halides is 4. The van der Waals surface area contributed by atoms with Crippen molar-refractivity contribution < 1.29 is 27.1 Å². The summed E-state index contributed by atoms with van der Waals surface area (Å²) < 4.78 is 69.4. The summed E-state index contributed by atoms with van der Waals surface area (Å²) >= 11 is 0. The van der Waals surface area contributed by atoms with Crippen molar-refractivity contribution in [2.75, 3.05) is 0 Å². The number of rotatable bonds is 6. The summed E-state index contributed by atoms with van der Waals surface area (Å²) in [5.41, 5.74) is 3.10. The van der Waals surface area contributed by atoms with Crippen molar-refractivity contribution in [2.24, 2.45) is 0 Å². The van der Waals surface area contributed by atoms with Gasteiger partial charge in [0.2, 0.25) is 0 Å². The number of pyridine rings is 1. The van der Waals surface area contributed by atoms with E-state index in [9.17, 15) is 22.7 Å². The number of aryl methyl sites for hydroxylation is 1. The van der Waals surface area contributed by atoms with E-state index in [1.165, 1.54) is 12.1 Å². The van der Waals surface area contributed by atoms with Gasteiger partial charge < -0.3 is 5.11 Å². The topological polar surface area (TPSA) is 33.1 Å². The number of benzene rings is 3. The molecule has 0 aliphatic heterocycles. The highest BCUT2D eigenvalue weighted by Crippen LogP contribution is 2.44. The van der Waals surface area contributed by atoms with Crippen LogP contribution in [-0.4, -0.2) is 10.1 Å². The van der Waals surface area contributed by atoms with Crippen LogP contribution in [0, 0.1) is 12.7 Å². The summed E-state index contributed by atoms with van der Waals surface area (Å²) in [6.45, 7) is 5.12.